The topological polar surface area (TPSA) is 89.8 Å². The van der Waals surface area contributed by atoms with Crippen molar-refractivity contribution in [2.24, 2.45) is 0 Å². The fraction of sp³-hybridized carbons (Fsp3) is 0.100. The first-order chi connectivity index (χ1) is 12.9. The third-order valence-electron chi connectivity index (χ3n) is 4.46. The van der Waals surface area contributed by atoms with E-state index in [0.29, 0.717) is 10.6 Å². The van der Waals surface area contributed by atoms with Gasteiger partial charge in [0.25, 0.3) is 0 Å². The van der Waals surface area contributed by atoms with Crippen LogP contribution < -0.4 is 5.32 Å². The van der Waals surface area contributed by atoms with Crippen molar-refractivity contribution in [3.05, 3.63) is 77.7 Å². The molecule has 0 spiro atoms. The summed E-state index contributed by atoms with van der Waals surface area (Å²) in [5, 5.41) is 16.4. The Balaban J connectivity index is 1.68. The van der Waals surface area contributed by atoms with Crippen LogP contribution in [0, 0.1) is 0 Å². The van der Waals surface area contributed by atoms with Crippen LogP contribution in [0.5, 0.6) is 0 Å². The van der Waals surface area contributed by atoms with E-state index in [4.69, 9.17) is 0 Å². The molecule has 7 heteroatoms. The molecule has 2 atom stereocenters. The Kier molecular flexibility index (Phi) is 4.76. The lowest BCUT2D eigenvalue weighted by Crippen LogP contribution is -2.26. The van der Waals surface area contributed by atoms with E-state index in [-0.39, 0.29) is 0 Å². The van der Waals surface area contributed by atoms with Crippen molar-refractivity contribution in [3.63, 3.8) is 0 Å². The summed E-state index contributed by atoms with van der Waals surface area (Å²) in [5.74, 6) is 0. The summed E-state index contributed by atoms with van der Waals surface area (Å²) in [5.41, 5.74) is -0.748. The van der Waals surface area contributed by atoms with Crippen LogP contribution in [0.25, 0.3) is 20.9 Å². The Morgan fingerprint density at radius 1 is 0.852 bits per heavy atom. The predicted octanol–water partition coefficient (Wildman–Crippen LogP) is 4.70. The molecule has 27 heavy (non-hydrogen) atoms. The molecule has 0 saturated heterocycles. The second-order valence-electron chi connectivity index (χ2n) is 6.37. The van der Waals surface area contributed by atoms with Gasteiger partial charge < -0.3 is 20.2 Å². The van der Waals surface area contributed by atoms with E-state index in [1.165, 1.54) is 11.3 Å². The van der Waals surface area contributed by atoms with Gasteiger partial charge in [0.1, 0.15) is 11.9 Å². The number of anilines is 1. The Hall–Kier alpha value is -2.21. The van der Waals surface area contributed by atoms with E-state index in [1.807, 2.05) is 60.7 Å². The molecule has 2 unspecified atom stereocenters. The maximum Gasteiger partial charge on any atom is 0.338 e. The van der Waals surface area contributed by atoms with E-state index in [2.05, 4.69) is 5.32 Å². The van der Waals surface area contributed by atoms with Gasteiger partial charge in [0.15, 0.2) is 0 Å². The van der Waals surface area contributed by atoms with Gasteiger partial charge in [0.2, 0.25) is 0 Å². The minimum absolute atomic E-state index is 0.449. The lowest BCUT2D eigenvalue weighted by molar-refractivity contribution is 0.184. The lowest BCUT2D eigenvalue weighted by atomic mass is 10.1. The molecule has 1 heterocycles. The van der Waals surface area contributed by atoms with Crippen LogP contribution in [-0.2, 0) is 4.57 Å². The van der Waals surface area contributed by atoms with Crippen LogP contribution in [0.4, 0.5) is 5.69 Å². The summed E-state index contributed by atoms with van der Waals surface area (Å²) in [7, 11) is -4.60. The number of benzene rings is 3. The number of fused-ring (bicyclic) bond motifs is 2. The molecule has 0 radical (unpaired) electrons. The van der Waals surface area contributed by atoms with Gasteiger partial charge in [0, 0.05) is 15.3 Å². The second-order valence-corrected chi connectivity index (χ2v) is 9.22. The summed E-state index contributed by atoms with van der Waals surface area (Å²) in [6.45, 7) is 0. The quantitative estimate of drug-likeness (QED) is 0.288. The summed E-state index contributed by atoms with van der Waals surface area (Å²) in [6, 6.07) is 22.6. The van der Waals surface area contributed by atoms with Crippen LogP contribution in [-0.4, -0.2) is 21.1 Å². The molecule has 138 valence electrons. The number of thiophene rings is 1. The highest BCUT2D eigenvalue weighted by Crippen LogP contribution is 2.55. The summed E-state index contributed by atoms with van der Waals surface area (Å²) in [4.78, 5) is 20.2. The van der Waals surface area contributed by atoms with Gasteiger partial charge >= 0.3 is 7.60 Å². The maximum atomic E-state index is 12.2. The third-order valence-corrected chi connectivity index (χ3v) is 7.12. The van der Waals surface area contributed by atoms with Crippen molar-refractivity contribution in [1.82, 2.24) is 0 Å². The van der Waals surface area contributed by atoms with Gasteiger partial charge in [-0.25, -0.2) is 0 Å². The molecular weight excluding hydrogens is 381 g/mol. The van der Waals surface area contributed by atoms with E-state index in [0.717, 1.165) is 20.9 Å². The molecule has 5 nitrogen and oxygen atoms in total. The number of rotatable bonds is 5. The molecule has 0 fully saturated rings. The summed E-state index contributed by atoms with van der Waals surface area (Å²) >= 11 is 1.28. The van der Waals surface area contributed by atoms with Gasteiger partial charge in [-0.1, -0.05) is 48.5 Å². The standard InChI is InChI=1S/C20H18NO4PS/c22-20(21-16-10-9-13-5-1-2-6-14(13)11-16)19(26(23,24)25)18-12-15-7-3-4-8-17(15)27-18/h1-12,19-22H,(H2,23,24,25). The molecule has 0 saturated carbocycles. The highest BCUT2D eigenvalue weighted by molar-refractivity contribution is 7.52. The number of hydrogen-bond donors (Lipinski definition) is 4. The average molecular weight is 399 g/mol. The first kappa shape index (κ1) is 18.2. The number of hydrogen-bond acceptors (Lipinski definition) is 4. The van der Waals surface area contributed by atoms with Gasteiger partial charge in [-0.15, -0.1) is 11.3 Å². The van der Waals surface area contributed by atoms with Crippen LogP contribution >= 0.6 is 18.9 Å². The molecule has 1 aromatic heterocycles. The van der Waals surface area contributed by atoms with Crippen molar-refractivity contribution in [3.8, 4) is 0 Å². The van der Waals surface area contributed by atoms with Crippen molar-refractivity contribution in [2.75, 3.05) is 5.32 Å². The van der Waals surface area contributed by atoms with Crippen molar-refractivity contribution < 1.29 is 19.5 Å². The van der Waals surface area contributed by atoms with Crippen LogP contribution in [0.1, 0.15) is 10.5 Å². The monoisotopic (exact) mass is 399 g/mol. The minimum atomic E-state index is -4.60. The first-order valence-corrected chi connectivity index (χ1v) is 10.9. The Morgan fingerprint density at radius 3 is 2.22 bits per heavy atom. The van der Waals surface area contributed by atoms with Gasteiger partial charge in [0.05, 0.1) is 0 Å². The van der Waals surface area contributed by atoms with E-state index in [1.54, 1.807) is 12.1 Å². The van der Waals surface area contributed by atoms with E-state index < -0.39 is 19.5 Å². The van der Waals surface area contributed by atoms with Gasteiger partial charge in [-0.2, -0.15) is 0 Å². The molecule has 4 rings (SSSR count). The zero-order valence-corrected chi connectivity index (χ0v) is 15.9. The number of nitrogens with one attached hydrogen (secondary N) is 1. The number of aliphatic hydroxyl groups is 1. The Labute approximate surface area is 160 Å². The molecule has 0 aliphatic rings. The van der Waals surface area contributed by atoms with Crippen LogP contribution in [0.2, 0.25) is 0 Å². The van der Waals surface area contributed by atoms with Crippen molar-refractivity contribution >= 4 is 45.5 Å². The largest absolute Gasteiger partial charge is 0.372 e. The molecule has 4 N–H and O–H groups in total. The third kappa shape index (κ3) is 3.76. The first-order valence-electron chi connectivity index (χ1n) is 8.39. The number of aliphatic hydroxyl groups excluding tert-OH is 1. The molecule has 0 aliphatic heterocycles. The predicted molar refractivity (Wildman–Crippen MR) is 110 cm³/mol. The average Bonchev–Trinajstić information content (AvgIpc) is 3.03. The normalized spacial score (nSPS) is 14.3. The summed E-state index contributed by atoms with van der Waals surface area (Å²) < 4.78 is 13.1. The fourth-order valence-corrected chi connectivity index (χ4v) is 5.68. The summed E-state index contributed by atoms with van der Waals surface area (Å²) in [6.07, 6.45) is -1.43. The molecule has 0 bridgehead atoms. The zero-order valence-electron chi connectivity index (χ0n) is 14.2. The lowest BCUT2D eigenvalue weighted by Gasteiger charge is -2.24. The zero-order chi connectivity index (χ0) is 19.0. The van der Waals surface area contributed by atoms with Crippen molar-refractivity contribution in [1.29, 1.82) is 0 Å². The van der Waals surface area contributed by atoms with Gasteiger partial charge in [-0.05, 0) is 40.4 Å². The fourth-order valence-electron chi connectivity index (χ4n) is 3.18. The molecule has 0 amide bonds. The smallest absolute Gasteiger partial charge is 0.338 e. The van der Waals surface area contributed by atoms with E-state index in [9.17, 15) is 19.5 Å². The molecule has 0 aliphatic carbocycles. The van der Waals surface area contributed by atoms with Crippen LogP contribution in [0.3, 0.4) is 0 Å². The SMILES string of the molecule is O=P(O)(O)C(c1cc2ccccc2s1)C(O)Nc1ccc2ccccc2c1. The minimum Gasteiger partial charge on any atom is -0.372 e. The van der Waals surface area contributed by atoms with Gasteiger partial charge in [-0.3, -0.25) is 4.57 Å². The molecule has 3 aromatic carbocycles. The maximum absolute atomic E-state index is 12.2. The Morgan fingerprint density at radius 2 is 1.52 bits per heavy atom. The molecular formula is C20H18NO4PS. The van der Waals surface area contributed by atoms with E-state index >= 15 is 0 Å². The molecule has 4 aromatic rings. The Bertz CT molecular complexity index is 1120. The second kappa shape index (κ2) is 7.08. The van der Waals surface area contributed by atoms with Crippen LogP contribution in [0.15, 0.2) is 72.8 Å². The highest BCUT2D eigenvalue weighted by atomic mass is 32.1. The van der Waals surface area contributed by atoms with Crippen molar-refractivity contribution in [2.45, 2.75) is 11.9 Å². The highest BCUT2D eigenvalue weighted by Gasteiger charge is 2.38.